The number of carboxylic acid groups (broad SMARTS) is 1. The number of rotatable bonds is 4. The number of anilines is 1. The van der Waals surface area contributed by atoms with Crippen LogP contribution < -0.4 is 4.90 Å². The highest BCUT2D eigenvalue weighted by molar-refractivity contribution is 5.94. The second kappa shape index (κ2) is 5.87. The van der Waals surface area contributed by atoms with Gasteiger partial charge < -0.3 is 5.11 Å². The number of carbonyl (C=O) groups is 1. The van der Waals surface area contributed by atoms with E-state index in [1.54, 1.807) is 30.3 Å². The first-order chi connectivity index (χ1) is 9.89. The lowest BCUT2D eigenvalue weighted by Crippen LogP contribution is -2.38. The second-order valence-electron chi connectivity index (χ2n) is 4.36. The van der Waals surface area contributed by atoms with Crippen molar-refractivity contribution in [2.75, 3.05) is 4.90 Å². The van der Waals surface area contributed by atoms with Gasteiger partial charge in [-0.15, -0.1) is 0 Å². The number of halogens is 3. The van der Waals surface area contributed by atoms with Crippen molar-refractivity contribution in [3.63, 3.8) is 0 Å². The standard InChI is InChI=1S/C15H12F3NO2/c16-15(17,18)19(10-11-6-2-1-3-7-11)13-9-5-4-8-12(13)14(20)21/h1-9H,10H2,(H,20,21). The molecule has 2 aromatic carbocycles. The van der Waals surface area contributed by atoms with Crippen LogP contribution in [0.4, 0.5) is 18.9 Å². The zero-order chi connectivity index (χ0) is 15.5. The summed E-state index contributed by atoms with van der Waals surface area (Å²) in [5, 5.41) is 9.05. The van der Waals surface area contributed by atoms with Crippen LogP contribution in [0.15, 0.2) is 54.6 Å². The SMILES string of the molecule is O=C(O)c1ccccc1N(Cc1ccccc1)C(F)(F)F. The maximum atomic E-state index is 13.3. The van der Waals surface area contributed by atoms with E-state index < -0.39 is 18.8 Å². The van der Waals surface area contributed by atoms with Gasteiger partial charge in [0.1, 0.15) is 0 Å². The highest BCUT2D eigenvalue weighted by Crippen LogP contribution is 2.32. The van der Waals surface area contributed by atoms with Gasteiger partial charge in [-0.3, -0.25) is 4.90 Å². The quantitative estimate of drug-likeness (QED) is 0.869. The van der Waals surface area contributed by atoms with Crippen molar-refractivity contribution in [2.45, 2.75) is 12.8 Å². The first-order valence-electron chi connectivity index (χ1n) is 6.10. The molecule has 0 aliphatic heterocycles. The third kappa shape index (κ3) is 3.53. The monoisotopic (exact) mass is 295 g/mol. The zero-order valence-corrected chi connectivity index (χ0v) is 10.8. The number of alkyl halides is 3. The molecule has 0 amide bonds. The molecule has 2 rings (SSSR count). The molecule has 0 atom stereocenters. The van der Waals surface area contributed by atoms with E-state index in [2.05, 4.69) is 0 Å². The number of carboxylic acids is 1. The molecule has 0 fully saturated rings. The van der Waals surface area contributed by atoms with Crippen LogP contribution >= 0.6 is 0 Å². The molecule has 0 unspecified atom stereocenters. The summed E-state index contributed by atoms with van der Waals surface area (Å²) in [6.07, 6.45) is -4.68. The Balaban J connectivity index is 2.45. The number of hydrogen-bond acceptors (Lipinski definition) is 2. The van der Waals surface area contributed by atoms with Crippen molar-refractivity contribution in [2.24, 2.45) is 0 Å². The Bertz CT molecular complexity index is 626. The minimum atomic E-state index is -4.68. The van der Waals surface area contributed by atoms with E-state index in [0.717, 1.165) is 12.1 Å². The smallest absolute Gasteiger partial charge is 0.478 e. The fourth-order valence-electron chi connectivity index (χ4n) is 1.97. The van der Waals surface area contributed by atoms with Crippen LogP contribution in [0.3, 0.4) is 0 Å². The Morgan fingerprint density at radius 1 is 1.00 bits per heavy atom. The van der Waals surface area contributed by atoms with Gasteiger partial charge in [0, 0.05) is 0 Å². The van der Waals surface area contributed by atoms with Crippen molar-refractivity contribution in [1.29, 1.82) is 0 Å². The van der Waals surface area contributed by atoms with Gasteiger partial charge in [-0.1, -0.05) is 42.5 Å². The van der Waals surface area contributed by atoms with Crippen molar-refractivity contribution in [1.82, 2.24) is 0 Å². The zero-order valence-electron chi connectivity index (χ0n) is 10.8. The molecular formula is C15H12F3NO2. The molecule has 0 aliphatic rings. The number of benzene rings is 2. The number of hydrogen-bond donors (Lipinski definition) is 1. The Hall–Kier alpha value is -2.50. The van der Waals surface area contributed by atoms with E-state index >= 15 is 0 Å². The largest absolute Gasteiger partial charge is 0.485 e. The van der Waals surface area contributed by atoms with Crippen LogP contribution in [0.2, 0.25) is 0 Å². The fourth-order valence-corrected chi connectivity index (χ4v) is 1.97. The molecule has 0 aromatic heterocycles. The molecule has 110 valence electrons. The number of nitrogens with zero attached hydrogens (tertiary/aromatic N) is 1. The van der Waals surface area contributed by atoms with Gasteiger partial charge in [-0.05, 0) is 17.7 Å². The summed E-state index contributed by atoms with van der Waals surface area (Å²) in [7, 11) is 0. The van der Waals surface area contributed by atoms with E-state index in [-0.39, 0.29) is 16.2 Å². The molecule has 0 spiro atoms. The third-order valence-corrected chi connectivity index (χ3v) is 2.91. The van der Waals surface area contributed by atoms with Crippen molar-refractivity contribution < 1.29 is 23.1 Å². The first kappa shape index (κ1) is 14.9. The third-order valence-electron chi connectivity index (χ3n) is 2.91. The molecule has 0 heterocycles. The van der Waals surface area contributed by atoms with Crippen LogP contribution in [0.1, 0.15) is 15.9 Å². The van der Waals surface area contributed by atoms with Gasteiger partial charge in [-0.25, -0.2) is 4.79 Å². The van der Waals surface area contributed by atoms with Crippen LogP contribution in [-0.4, -0.2) is 17.4 Å². The summed E-state index contributed by atoms with van der Waals surface area (Å²) in [6.45, 7) is -0.450. The van der Waals surface area contributed by atoms with Gasteiger partial charge in [0.05, 0.1) is 17.8 Å². The summed E-state index contributed by atoms with van der Waals surface area (Å²) < 4.78 is 39.8. The van der Waals surface area contributed by atoms with Crippen molar-refractivity contribution in [3.8, 4) is 0 Å². The molecule has 1 N–H and O–H groups in total. The molecule has 0 aliphatic carbocycles. The van der Waals surface area contributed by atoms with Crippen LogP contribution in [-0.2, 0) is 6.54 Å². The van der Waals surface area contributed by atoms with E-state index in [4.69, 9.17) is 5.11 Å². The summed E-state index contributed by atoms with van der Waals surface area (Å²) in [6, 6.07) is 13.2. The summed E-state index contributed by atoms with van der Waals surface area (Å²) in [4.78, 5) is 11.2. The van der Waals surface area contributed by atoms with Gasteiger partial charge >= 0.3 is 12.3 Å². The highest BCUT2D eigenvalue weighted by atomic mass is 19.4. The van der Waals surface area contributed by atoms with Gasteiger partial charge in [0.15, 0.2) is 0 Å². The van der Waals surface area contributed by atoms with Gasteiger partial charge in [0.25, 0.3) is 0 Å². The fraction of sp³-hybridized carbons (Fsp3) is 0.133. The molecule has 0 saturated carbocycles. The average Bonchev–Trinajstić information content (AvgIpc) is 2.44. The van der Waals surface area contributed by atoms with Crippen molar-refractivity contribution in [3.05, 3.63) is 65.7 Å². The maximum Gasteiger partial charge on any atom is 0.485 e. The summed E-state index contributed by atoms with van der Waals surface area (Å²) >= 11 is 0. The summed E-state index contributed by atoms with van der Waals surface area (Å²) in [5.41, 5.74) is -0.317. The van der Waals surface area contributed by atoms with Gasteiger partial charge in [-0.2, -0.15) is 13.2 Å². The molecule has 3 nitrogen and oxygen atoms in total. The average molecular weight is 295 g/mol. The van der Waals surface area contributed by atoms with E-state index in [0.29, 0.717) is 5.56 Å². The van der Waals surface area contributed by atoms with E-state index in [1.165, 1.54) is 12.1 Å². The van der Waals surface area contributed by atoms with E-state index in [1.807, 2.05) is 0 Å². The Morgan fingerprint density at radius 3 is 2.14 bits per heavy atom. The Labute approximate surface area is 119 Å². The van der Waals surface area contributed by atoms with Crippen molar-refractivity contribution >= 4 is 11.7 Å². The number of para-hydroxylation sites is 1. The lowest BCUT2D eigenvalue weighted by Gasteiger charge is -2.28. The Kier molecular flexibility index (Phi) is 4.16. The maximum absolute atomic E-state index is 13.3. The Morgan fingerprint density at radius 2 is 1.57 bits per heavy atom. The predicted octanol–water partition coefficient (Wildman–Crippen LogP) is 3.91. The molecular weight excluding hydrogens is 283 g/mol. The molecule has 21 heavy (non-hydrogen) atoms. The minimum Gasteiger partial charge on any atom is -0.478 e. The van der Waals surface area contributed by atoms with Crippen LogP contribution in [0.5, 0.6) is 0 Å². The van der Waals surface area contributed by atoms with Gasteiger partial charge in [0.2, 0.25) is 0 Å². The summed E-state index contributed by atoms with van der Waals surface area (Å²) in [5.74, 6) is -1.40. The minimum absolute atomic E-state index is 0.131. The normalized spacial score (nSPS) is 11.2. The van der Waals surface area contributed by atoms with E-state index in [9.17, 15) is 18.0 Å². The molecule has 0 saturated heterocycles. The van der Waals surface area contributed by atoms with Crippen LogP contribution in [0, 0.1) is 0 Å². The molecule has 2 aromatic rings. The lowest BCUT2D eigenvalue weighted by molar-refractivity contribution is -0.130. The highest BCUT2D eigenvalue weighted by Gasteiger charge is 2.39. The first-order valence-corrected chi connectivity index (χ1v) is 6.10. The predicted molar refractivity (Wildman–Crippen MR) is 72.1 cm³/mol. The lowest BCUT2D eigenvalue weighted by atomic mass is 10.1. The topological polar surface area (TPSA) is 40.5 Å². The molecule has 0 radical (unpaired) electrons. The molecule has 6 heteroatoms. The van der Waals surface area contributed by atoms with Crippen LogP contribution in [0.25, 0.3) is 0 Å². The second-order valence-corrected chi connectivity index (χ2v) is 4.36. The number of aromatic carboxylic acids is 1. The molecule has 0 bridgehead atoms.